The fourth-order valence-electron chi connectivity index (χ4n) is 3.66. The molecule has 8 heteroatoms. The summed E-state index contributed by atoms with van der Waals surface area (Å²) in [7, 11) is 0. The third kappa shape index (κ3) is 2.73. The Bertz CT molecular complexity index is 873. The van der Waals surface area contributed by atoms with Gasteiger partial charge in [0.05, 0.1) is 17.9 Å². The second kappa shape index (κ2) is 5.75. The molecule has 1 amide bonds. The highest BCUT2D eigenvalue weighted by Gasteiger charge is 2.50. The van der Waals surface area contributed by atoms with Gasteiger partial charge in [0.2, 0.25) is 12.0 Å². The monoisotopic (exact) mass is 359 g/mol. The molecule has 0 radical (unpaired) electrons. The minimum absolute atomic E-state index is 0.318. The van der Waals surface area contributed by atoms with Gasteiger partial charge in [0.1, 0.15) is 6.67 Å². The summed E-state index contributed by atoms with van der Waals surface area (Å²) >= 11 is 0. The van der Waals surface area contributed by atoms with E-state index in [1.807, 2.05) is 20.8 Å². The SMILES string of the molecule is CC(C)(C)C(CF)NC(=O)c1nn(-c2c[n+]([O-])ccn2)c2c1C[C@H]1C[C@@H]21. The highest BCUT2D eigenvalue weighted by molar-refractivity contribution is 5.94. The fraction of sp³-hybridized carbons (Fsp3) is 0.556. The molecule has 2 aromatic rings. The van der Waals surface area contributed by atoms with Crippen LogP contribution in [0.25, 0.3) is 5.82 Å². The van der Waals surface area contributed by atoms with Crippen LogP contribution in [-0.4, -0.2) is 33.4 Å². The lowest BCUT2D eigenvalue weighted by Gasteiger charge is -2.28. The van der Waals surface area contributed by atoms with Crippen molar-refractivity contribution in [3.63, 3.8) is 0 Å². The van der Waals surface area contributed by atoms with Crippen molar-refractivity contribution in [1.29, 1.82) is 0 Å². The molecule has 0 aliphatic heterocycles. The first-order valence-electron chi connectivity index (χ1n) is 8.83. The number of nitrogens with zero attached hydrogens (tertiary/aromatic N) is 4. The van der Waals surface area contributed by atoms with Gasteiger partial charge in [0.25, 0.3) is 5.91 Å². The highest BCUT2D eigenvalue weighted by atomic mass is 19.1. The van der Waals surface area contributed by atoms with Crippen molar-refractivity contribution in [3.8, 4) is 5.82 Å². The quantitative estimate of drug-likeness (QED) is 0.665. The van der Waals surface area contributed by atoms with Crippen LogP contribution in [-0.2, 0) is 6.42 Å². The van der Waals surface area contributed by atoms with E-state index in [0.717, 1.165) is 24.1 Å². The van der Waals surface area contributed by atoms with Crippen LogP contribution in [0.1, 0.15) is 54.9 Å². The van der Waals surface area contributed by atoms with E-state index in [1.165, 1.54) is 18.6 Å². The number of carbonyl (C=O) groups excluding carboxylic acids is 1. The number of nitrogens with one attached hydrogen (secondary N) is 1. The van der Waals surface area contributed by atoms with Crippen LogP contribution in [0, 0.1) is 16.5 Å². The van der Waals surface area contributed by atoms with Crippen LogP contribution in [0.4, 0.5) is 4.39 Å². The van der Waals surface area contributed by atoms with Gasteiger partial charge in [-0.1, -0.05) is 20.8 Å². The summed E-state index contributed by atoms with van der Waals surface area (Å²) in [5.41, 5.74) is 1.79. The van der Waals surface area contributed by atoms with Crippen LogP contribution in [0.5, 0.6) is 0 Å². The summed E-state index contributed by atoms with van der Waals surface area (Å²) in [5.74, 6) is 0.914. The van der Waals surface area contributed by atoms with E-state index in [9.17, 15) is 14.4 Å². The van der Waals surface area contributed by atoms with Crippen molar-refractivity contribution in [2.45, 2.75) is 45.6 Å². The maximum absolute atomic E-state index is 13.4. The average Bonchev–Trinajstić information content (AvgIpc) is 3.07. The van der Waals surface area contributed by atoms with E-state index in [-0.39, 0.29) is 5.91 Å². The topological polar surface area (TPSA) is 86.8 Å². The molecule has 7 nitrogen and oxygen atoms in total. The minimum Gasteiger partial charge on any atom is -0.619 e. The van der Waals surface area contributed by atoms with Gasteiger partial charge in [-0.25, -0.2) is 14.1 Å². The molecule has 1 unspecified atom stereocenters. The summed E-state index contributed by atoms with van der Waals surface area (Å²) in [6.45, 7) is 5.02. The molecule has 2 heterocycles. The van der Waals surface area contributed by atoms with Gasteiger partial charge in [0.15, 0.2) is 11.9 Å². The summed E-state index contributed by atoms with van der Waals surface area (Å²) in [5, 5.41) is 18.8. The Hall–Kier alpha value is -2.51. The zero-order valence-electron chi connectivity index (χ0n) is 15.1. The molecule has 0 aromatic carbocycles. The standard InChI is InChI=1S/C18H22FN5O2/c1-18(2,3)13(8-19)21-17(25)15-12-7-10-6-11(10)16(12)24(22-15)14-9-23(26)5-4-20-14/h4-5,9-11,13H,6-8H2,1-3H3,(H,21,25)/t10-,11-,13?/m1/s1. The molecule has 0 spiro atoms. The predicted molar refractivity (Wildman–Crippen MR) is 91.6 cm³/mol. The number of rotatable bonds is 4. The summed E-state index contributed by atoms with van der Waals surface area (Å²) in [6, 6.07) is -0.592. The van der Waals surface area contributed by atoms with E-state index >= 15 is 0 Å². The Labute approximate surface area is 150 Å². The Morgan fingerprint density at radius 2 is 2.31 bits per heavy atom. The molecule has 2 aliphatic carbocycles. The lowest BCUT2D eigenvalue weighted by molar-refractivity contribution is -0.605. The van der Waals surface area contributed by atoms with Gasteiger partial charge < -0.3 is 10.5 Å². The van der Waals surface area contributed by atoms with Crippen LogP contribution < -0.4 is 10.0 Å². The highest BCUT2D eigenvalue weighted by Crippen LogP contribution is 2.57. The number of fused-ring (bicyclic) bond motifs is 3. The molecule has 3 atom stereocenters. The maximum Gasteiger partial charge on any atom is 0.272 e. The van der Waals surface area contributed by atoms with Crippen LogP contribution in [0.3, 0.4) is 0 Å². The van der Waals surface area contributed by atoms with E-state index in [1.54, 1.807) is 4.68 Å². The molecule has 1 fully saturated rings. The van der Waals surface area contributed by atoms with Crippen molar-refractivity contribution < 1.29 is 13.9 Å². The Kier molecular flexibility index (Phi) is 3.75. The molecule has 4 rings (SSSR count). The maximum atomic E-state index is 13.4. The first-order valence-corrected chi connectivity index (χ1v) is 8.83. The number of hydrogen-bond donors (Lipinski definition) is 1. The van der Waals surface area contributed by atoms with Crippen molar-refractivity contribution in [2.75, 3.05) is 6.67 Å². The smallest absolute Gasteiger partial charge is 0.272 e. The molecule has 2 aromatic heterocycles. The number of halogens is 1. The number of hydrogen-bond acceptors (Lipinski definition) is 4. The van der Waals surface area contributed by atoms with E-state index in [0.29, 0.717) is 28.1 Å². The van der Waals surface area contributed by atoms with Crippen molar-refractivity contribution >= 4 is 5.91 Å². The van der Waals surface area contributed by atoms with Gasteiger partial charge in [-0.15, -0.1) is 0 Å². The summed E-state index contributed by atoms with van der Waals surface area (Å²) in [4.78, 5) is 17.0. The molecule has 138 valence electrons. The summed E-state index contributed by atoms with van der Waals surface area (Å²) < 4.78 is 15.7. The van der Waals surface area contributed by atoms with Gasteiger partial charge in [-0.05, 0) is 24.2 Å². The lowest BCUT2D eigenvalue weighted by atomic mass is 9.87. The molecular weight excluding hydrogens is 337 g/mol. The van der Waals surface area contributed by atoms with E-state index in [2.05, 4.69) is 15.4 Å². The largest absolute Gasteiger partial charge is 0.619 e. The van der Waals surface area contributed by atoms with Crippen molar-refractivity contribution in [3.05, 3.63) is 40.7 Å². The second-order valence-corrected chi connectivity index (χ2v) is 8.25. The molecule has 1 saturated carbocycles. The first kappa shape index (κ1) is 16.9. The average molecular weight is 359 g/mol. The Morgan fingerprint density at radius 3 is 2.96 bits per heavy atom. The molecule has 0 saturated heterocycles. The van der Waals surface area contributed by atoms with Gasteiger partial charge in [0, 0.05) is 11.5 Å². The lowest BCUT2D eigenvalue weighted by Crippen LogP contribution is -2.45. The predicted octanol–water partition coefficient (Wildman–Crippen LogP) is 1.67. The number of aromatic nitrogens is 4. The zero-order valence-corrected chi connectivity index (χ0v) is 15.1. The number of alkyl halides is 1. The molecule has 0 bridgehead atoms. The molecular formula is C18H22FN5O2. The van der Waals surface area contributed by atoms with Gasteiger partial charge in [-0.3, -0.25) is 4.79 Å². The van der Waals surface area contributed by atoms with Crippen LogP contribution >= 0.6 is 0 Å². The third-order valence-electron chi connectivity index (χ3n) is 5.36. The van der Waals surface area contributed by atoms with Crippen LogP contribution in [0.15, 0.2) is 18.6 Å². The minimum atomic E-state index is -0.639. The van der Waals surface area contributed by atoms with Gasteiger partial charge >= 0.3 is 0 Å². The fourth-order valence-corrected chi connectivity index (χ4v) is 3.66. The number of carbonyl (C=O) groups is 1. The Balaban J connectivity index is 1.71. The zero-order chi connectivity index (χ0) is 18.6. The molecule has 1 N–H and O–H groups in total. The Morgan fingerprint density at radius 1 is 1.54 bits per heavy atom. The van der Waals surface area contributed by atoms with E-state index < -0.39 is 18.1 Å². The first-order chi connectivity index (χ1) is 12.3. The molecule has 2 aliphatic rings. The van der Waals surface area contributed by atoms with Crippen LogP contribution in [0.2, 0.25) is 0 Å². The van der Waals surface area contributed by atoms with Crippen molar-refractivity contribution in [1.82, 2.24) is 20.1 Å². The second-order valence-electron chi connectivity index (χ2n) is 8.25. The van der Waals surface area contributed by atoms with E-state index in [4.69, 9.17) is 0 Å². The van der Waals surface area contributed by atoms with Gasteiger partial charge in [-0.2, -0.15) is 9.83 Å². The number of amides is 1. The van der Waals surface area contributed by atoms with Crippen molar-refractivity contribution in [2.24, 2.45) is 11.3 Å². The summed E-state index contributed by atoms with van der Waals surface area (Å²) in [6.07, 6.45) is 5.91. The third-order valence-corrected chi connectivity index (χ3v) is 5.36. The normalized spacial score (nSPS) is 21.8. The molecule has 26 heavy (non-hydrogen) atoms.